The molecule has 0 saturated carbocycles. The molecule has 0 aliphatic carbocycles. The summed E-state index contributed by atoms with van der Waals surface area (Å²) in [5, 5.41) is 2.63. The van der Waals surface area contributed by atoms with Crippen LogP contribution in [0.3, 0.4) is 0 Å². The Morgan fingerprint density at radius 3 is 1.69 bits per heavy atom. The van der Waals surface area contributed by atoms with Gasteiger partial charge in [0.2, 0.25) is 5.91 Å². The van der Waals surface area contributed by atoms with Gasteiger partial charge in [0.1, 0.15) is 24.7 Å². The number of carbonyl (C=O) groups is 1. The van der Waals surface area contributed by atoms with Gasteiger partial charge in [0.25, 0.3) is 0 Å². The molecule has 4 nitrogen and oxygen atoms in total. The van der Waals surface area contributed by atoms with Crippen LogP contribution in [0.4, 0.5) is 26.3 Å². The molecule has 1 saturated heterocycles. The molecule has 1 aliphatic rings. The van der Waals surface area contributed by atoms with Crippen molar-refractivity contribution in [3.8, 4) is 11.5 Å². The third-order valence-corrected chi connectivity index (χ3v) is 7.16. The van der Waals surface area contributed by atoms with Gasteiger partial charge in [-0.3, -0.25) is 4.79 Å². The van der Waals surface area contributed by atoms with E-state index in [1.165, 1.54) is 12.1 Å². The van der Waals surface area contributed by atoms with Gasteiger partial charge in [-0.25, -0.2) is 0 Å². The molecule has 1 N–H and O–H groups in total. The lowest BCUT2D eigenvalue weighted by Gasteiger charge is -2.27. The first-order valence-corrected chi connectivity index (χ1v) is 14.1. The Morgan fingerprint density at radius 1 is 0.756 bits per heavy atom. The van der Waals surface area contributed by atoms with Crippen molar-refractivity contribution in [1.82, 2.24) is 5.32 Å². The van der Waals surface area contributed by atoms with Gasteiger partial charge in [0.15, 0.2) is 0 Å². The average Bonchev–Trinajstić information content (AvgIpc) is 2.98. The lowest BCUT2D eigenvalue weighted by molar-refractivity contribution is -0.138. The van der Waals surface area contributed by atoms with E-state index in [1.54, 1.807) is 6.08 Å². The Balaban J connectivity index is 0.000000207. The van der Waals surface area contributed by atoms with Gasteiger partial charge >= 0.3 is 12.4 Å². The molecule has 1 fully saturated rings. The minimum Gasteiger partial charge on any atom is -0.487 e. The van der Waals surface area contributed by atoms with E-state index in [9.17, 15) is 31.1 Å². The molecule has 4 aromatic carbocycles. The molecule has 12 heteroatoms. The maximum absolute atomic E-state index is 12.6. The second kappa shape index (κ2) is 14.3. The number of carbonyl (C=O) groups excluding carboxylic acids is 1. The maximum atomic E-state index is 12.6. The summed E-state index contributed by atoms with van der Waals surface area (Å²) < 4.78 is 86.4. The zero-order valence-corrected chi connectivity index (χ0v) is 24.8. The second-order valence-electron chi connectivity index (χ2n) is 9.88. The van der Waals surface area contributed by atoms with E-state index in [2.05, 4.69) is 11.9 Å². The zero-order chi connectivity index (χ0) is 32.8. The fourth-order valence-electron chi connectivity index (χ4n) is 4.18. The molecule has 1 heterocycles. The number of ether oxygens (including phenoxy) is 2. The van der Waals surface area contributed by atoms with E-state index in [4.69, 9.17) is 32.7 Å². The maximum Gasteiger partial charge on any atom is 0.416 e. The number of hydrogen-bond acceptors (Lipinski definition) is 3. The second-order valence-corrected chi connectivity index (χ2v) is 10.7. The zero-order valence-electron chi connectivity index (χ0n) is 23.3. The average molecular weight is 668 g/mol. The predicted octanol–water partition coefficient (Wildman–Crippen LogP) is 10.1. The summed E-state index contributed by atoms with van der Waals surface area (Å²) in [7, 11) is 0. The molecule has 236 valence electrons. The molecule has 0 aromatic heterocycles. The molecule has 45 heavy (non-hydrogen) atoms. The Kier molecular flexibility index (Phi) is 10.7. The molecule has 1 aliphatic heterocycles. The standard InChI is InChI=1S/C17H13ClF3NO2.C16H12ClF3O/c18-13-7-12(17(19,20)21)4-5-15(13)24-9-10-2-1-3-11(6-10)14-8-16(23)22-14;1-2-11-4-3-5-12(8-11)10-21-15-7-6-13(9-14(15)17)16(18,19)20/h1-7,14H,8-9H2,(H,22,23);2-9H,1,10H2. The van der Waals surface area contributed by atoms with E-state index in [0.29, 0.717) is 6.42 Å². The summed E-state index contributed by atoms with van der Waals surface area (Å²) in [6.07, 6.45) is -6.70. The summed E-state index contributed by atoms with van der Waals surface area (Å²) >= 11 is 11.7. The molecule has 5 rings (SSSR count). The van der Waals surface area contributed by atoms with Crippen molar-refractivity contribution >= 4 is 35.2 Å². The summed E-state index contributed by atoms with van der Waals surface area (Å²) in [5.41, 5.74) is 2.01. The number of benzene rings is 4. The Hall–Kier alpha value is -4.15. The van der Waals surface area contributed by atoms with Crippen LogP contribution in [0.2, 0.25) is 10.0 Å². The fourth-order valence-corrected chi connectivity index (χ4v) is 4.65. The molecule has 1 unspecified atom stereocenters. The van der Waals surface area contributed by atoms with Crippen molar-refractivity contribution in [2.24, 2.45) is 0 Å². The lowest BCUT2D eigenvalue weighted by atomic mass is 9.96. The van der Waals surface area contributed by atoms with Crippen LogP contribution in [0.25, 0.3) is 6.08 Å². The van der Waals surface area contributed by atoms with Gasteiger partial charge in [-0.15, -0.1) is 0 Å². The number of amides is 1. The van der Waals surface area contributed by atoms with Crippen molar-refractivity contribution in [2.75, 3.05) is 0 Å². The van der Waals surface area contributed by atoms with Crippen molar-refractivity contribution in [3.05, 3.63) is 135 Å². The first-order valence-electron chi connectivity index (χ1n) is 13.3. The number of alkyl halides is 6. The highest BCUT2D eigenvalue weighted by molar-refractivity contribution is 6.32. The smallest absolute Gasteiger partial charge is 0.416 e. The van der Waals surface area contributed by atoms with Gasteiger partial charge in [0.05, 0.1) is 33.6 Å². The summed E-state index contributed by atoms with van der Waals surface area (Å²) in [6, 6.07) is 21.0. The molecule has 0 bridgehead atoms. The molecule has 0 radical (unpaired) electrons. The Labute approximate surface area is 265 Å². The highest BCUT2D eigenvalue weighted by Crippen LogP contribution is 2.36. The minimum atomic E-state index is -4.44. The van der Waals surface area contributed by atoms with E-state index >= 15 is 0 Å². The van der Waals surface area contributed by atoms with Gasteiger partial charge in [-0.2, -0.15) is 26.3 Å². The molecular weight excluding hydrogens is 643 g/mol. The van der Waals surface area contributed by atoms with Crippen LogP contribution in [-0.4, -0.2) is 5.91 Å². The van der Waals surface area contributed by atoms with Gasteiger partial charge in [0, 0.05) is 0 Å². The lowest BCUT2D eigenvalue weighted by Crippen LogP contribution is -2.41. The summed E-state index contributed by atoms with van der Waals surface area (Å²) in [4.78, 5) is 11.0. The van der Waals surface area contributed by atoms with E-state index in [0.717, 1.165) is 46.5 Å². The quantitative estimate of drug-likeness (QED) is 0.150. The number of β-lactam (4-membered cyclic amide) rings is 1. The van der Waals surface area contributed by atoms with Crippen LogP contribution >= 0.6 is 23.2 Å². The van der Waals surface area contributed by atoms with Gasteiger partial charge < -0.3 is 14.8 Å². The largest absolute Gasteiger partial charge is 0.487 e. The topological polar surface area (TPSA) is 47.6 Å². The van der Waals surface area contributed by atoms with E-state index in [1.807, 2.05) is 48.5 Å². The highest BCUT2D eigenvalue weighted by Gasteiger charge is 2.32. The van der Waals surface area contributed by atoms with E-state index < -0.39 is 23.5 Å². The van der Waals surface area contributed by atoms with Crippen LogP contribution in [0, 0.1) is 0 Å². The molecule has 1 amide bonds. The van der Waals surface area contributed by atoms with Crippen molar-refractivity contribution < 1.29 is 40.6 Å². The van der Waals surface area contributed by atoms with Crippen molar-refractivity contribution in [1.29, 1.82) is 0 Å². The minimum absolute atomic E-state index is 0.00658. The van der Waals surface area contributed by atoms with Crippen molar-refractivity contribution in [2.45, 2.75) is 38.0 Å². The van der Waals surface area contributed by atoms with Gasteiger partial charge in [-0.1, -0.05) is 78.3 Å². The monoisotopic (exact) mass is 667 g/mol. The first-order chi connectivity index (χ1) is 21.2. The number of rotatable bonds is 8. The van der Waals surface area contributed by atoms with Crippen LogP contribution in [0.5, 0.6) is 11.5 Å². The fraction of sp³-hybridized carbons (Fsp3) is 0.182. The predicted molar refractivity (Wildman–Crippen MR) is 160 cm³/mol. The normalized spacial score (nSPS) is 14.4. The van der Waals surface area contributed by atoms with Crippen LogP contribution in [-0.2, 0) is 30.4 Å². The molecular formula is C33H25Cl2F6NO3. The third kappa shape index (κ3) is 9.42. The molecule has 4 aromatic rings. The Bertz CT molecular complexity index is 1670. The number of hydrogen-bond donors (Lipinski definition) is 1. The van der Waals surface area contributed by atoms with E-state index in [-0.39, 0.29) is 46.7 Å². The third-order valence-electron chi connectivity index (χ3n) is 6.57. The van der Waals surface area contributed by atoms with Crippen LogP contribution in [0.1, 0.15) is 45.8 Å². The molecule has 1 atom stereocenters. The van der Waals surface area contributed by atoms with Gasteiger partial charge in [-0.05, 0) is 64.7 Å². The summed E-state index contributed by atoms with van der Waals surface area (Å²) in [5.74, 6) is 0.416. The Morgan fingerprint density at radius 2 is 1.24 bits per heavy atom. The molecule has 0 spiro atoms. The number of nitrogens with one attached hydrogen (secondary N) is 1. The number of halogens is 8. The SMILES string of the molecule is C=Cc1cccc(COc2ccc(C(F)(F)F)cc2Cl)c1.O=C1CC(c2cccc(COc3ccc(C(F)(F)F)cc3Cl)c2)N1. The van der Waals surface area contributed by atoms with Crippen LogP contribution in [0.15, 0.2) is 91.5 Å². The van der Waals surface area contributed by atoms with Crippen molar-refractivity contribution in [3.63, 3.8) is 0 Å². The first kappa shape index (κ1) is 33.7. The summed E-state index contributed by atoms with van der Waals surface area (Å²) in [6.45, 7) is 4.05. The van der Waals surface area contributed by atoms with Crippen LogP contribution < -0.4 is 14.8 Å². The highest BCUT2D eigenvalue weighted by atomic mass is 35.5.